The van der Waals surface area contributed by atoms with Crippen LogP contribution in [0.5, 0.6) is 0 Å². The second-order valence-electron chi connectivity index (χ2n) is 3.86. The van der Waals surface area contributed by atoms with Crippen LogP contribution >= 0.6 is 0 Å². The molecule has 0 aromatic carbocycles. The zero-order valence-electron chi connectivity index (χ0n) is 9.18. The summed E-state index contributed by atoms with van der Waals surface area (Å²) < 4.78 is 7.49. The minimum atomic E-state index is 0.214. The van der Waals surface area contributed by atoms with Crippen molar-refractivity contribution in [1.82, 2.24) is 25.5 Å². The molecule has 1 saturated heterocycles. The Hall–Kier alpha value is -1.01. The predicted molar refractivity (Wildman–Crippen MR) is 54.3 cm³/mol. The Balaban J connectivity index is 2.09. The fourth-order valence-corrected chi connectivity index (χ4v) is 1.94. The molecule has 15 heavy (non-hydrogen) atoms. The average molecular weight is 211 g/mol. The molecule has 0 bridgehead atoms. The highest BCUT2D eigenvalue weighted by atomic mass is 16.5. The average Bonchev–Trinajstić information content (AvgIpc) is 2.87. The Kier molecular flexibility index (Phi) is 3.27. The summed E-state index contributed by atoms with van der Waals surface area (Å²) in [7, 11) is 1.88. The van der Waals surface area contributed by atoms with Crippen molar-refractivity contribution in [1.29, 1.82) is 0 Å². The highest BCUT2D eigenvalue weighted by Gasteiger charge is 2.26. The zero-order valence-corrected chi connectivity index (χ0v) is 9.18. The number of hydrogen-bond donors (Lipinski definition) is 1. The highest BCUT2D eigenvalue weighted by molar-refractivity contribution is 4.86. The van der Waals surface area contributed by atoms with Crippen LogP contribution in [-0.2, 0) is 11.3 Å². The molecule has 2 atom stereocenters. The Bertz CT molecular complexity index is 307. The van der Waals surface area contributed by atoms with Crippen LogP contribution in [0, 0.1) is 0 Å². The smallest absolute Gasteiger partial charge is 0.165 e. The summed E-state index contributed by atoms with van der Waals surface area (Å²) >= 11 is 0. The van der Waals surface area contributed by atoms with Crippen LogP contribution in [0.1, 0.15) is 31.6 Å². The number of hydrogen-bond acceptors (Lipinski definition) is 5. The van der Waals surface area contributed by atoms with Crippen LogP contribution in [0.4, 0.5) is 0 Å². The van der Waals surface area contributed by atoms with Crippen LogP contribution in [0.25, 0.3) is 0 Å². The van der Waals surface area contributed by atoms with Gasteiger partial charge in [-0.25, -0.2) is 4.68 Å². The van der Waals surface area contributed by atoms with Crippen LogP contribution < -0.4 is 5.32 Å². The van der Waals surface area contributed by atoms with Crippen molar-refractivity contribution in [2.45, 2.75) is 38.5 Å². The summed E-state index contributed by atoms with van der Waals surface area (Å²) in [5.41, 5.74) is 0. The van der Waals surface area contributed by atoms with E-state index in [4.69, 9.17) is 4.74 Å². The summed E-state index contributed by atoms with van der Waals surface area (Å²) in [6.07, 6.45) is 2.49. The van der Waals surface area contributed by atoms with Crippen molar-refractivity contribution >= 4 is 0 Å². The Morgan fingerprint density at radius 1 is 1.67 bits per heavy atom. The van der Waals surface area contributed by atoms with E-state index in [-0.39, 0.29) is 12.1 Å². The second kappa shape index (κ2) is 4.67. The van der Waals surface area contributed by atoms with Crippen molar-refractivity contribution in [3.8, 4) is 0 Å². The first-order chi connectivity index (χ1) is 7.33. The zero-order chi connectivity index (χ0) is 10.7. The molecule has 0 radical (unpaired) electrons. The number of aromatic nitrogens is 4. The van der Waals surface area contributed by atoms with E-state index < -0.39 is 0 Å². The maximum Gasteiger partial charge on any atom is 0.165 e. The van der Waals surface area contributed by atoms with Gasteiger partial charge in [0.1, 0.15) is 0 Å². The molecule has 2 heterocycles. The molecule has 1 aliphatic heterocycles. The Labute approximate surface area is 89.0 Å². The van der Waals surface area contributed by atoms with Gasteiger partial charge in [-0.15, -0.1) is 5.10 Å². The van der Waals surface area contributed by atoms with Gasteiger partial charge in [0.2, 0.25) is 0 Å². The van der Waals surface area contributed by atoms with Crippen molar-refractivity contribution in [2.75, 3.05) is 13.7 Å². The van der Waals surface area contributed by atoms with Crippen molar-refractivity contribution in [2.24, 2.45) is 0 Å². The largest absolute Gasteiger partial charge is 0.376 e. The fourth-order valence-electron chi connectivity index (χ4n) is 1.94. The summed E-state index contributed by atoms with van der Waals surface area (Å²) in [4.78, 5) is 0. The van der Waals surface area contributed by atoms with Gasteiger partial charge in [0, 0.05) is 6.61 Å². The highest BCUT2D eigenvalue weighted by Crippen LogP contribution is 2.23. The van der Waals surface area contributed by atoms with Gasteiger partial charge in [0.05, 0.1) is 18.7 Å². The summed E-state index contributed by atoms with van der Waals surface area (Å²) in [6.45, 7) is 3.65. The molecule has 6 heteroatoms. The first-order valence-electron chi connectivity index (χ1n) is 5.36. The first kappa shape index (κ1) is 10.5. The lowest BCUT2D eigenvalue weighted by atomic mass is 10.1. The van der Waals surface area contributed by atoms with E-state index in [1.165, 1.54) is 0 Å². The van der Waals surface area contributed by atoms with Gasteiger partial charge >= 0.3 is 0 Å². The normalized spacial score (nSPS) is 23.2. The molecule has 2 unspecified atom stereocenters. The lowest BCUT2D eigenvalue weighted by molar-refractivity contribution is 0.0673. The van der Waals surface area contributed by atoms with E-state index in [0.29, 0.717) is 6.54 Å². The predicted octanol–water partition coefficient (Wildman–Crippen LogP) is 0.132. The van der Waals surface area contributed by atoms with Gasteiger partial charge in [-0.3, -0.25) is 0 Å². The number of nitrogens with one attached hydrogen (secondary N) is 1. The maximum atomic E-state index is 5.63. The maximum absolute atomic E-state index is 5.63. The van der Waals surface area contributed by atoms with Crippen LogP contribution in [-0.4, -0.2) is 40.0 Å². The van der Waals surface area contributed by atoms with Crippen molar-refractivity contribution in [3.63, 3.8) is 0 Å². The Morgan fingerprint density at radius 3 is 3.20 bits per heavy atom. The molecule has 1 aromatic heterocycles. The summed E-state index contributed by atoms with van der Waals surface area (Å²) in [5.74, 6) is 0.862. The van der Waals surface area contributed by atoms with Crippen molar-refractivity contribution < 1.29 is 4.74 Å². The van der Waals surface area contributed by atoms with Crippen molar-refractivity contribution in [3.05, 3.63) is 5.82 Å². The molecule has 84 valence electrons. The number of tetrazole rings is 1. The van der Waals surface area contributed by atoms with Gasteiger partial charge < -0.3 is 10.1 Å². The Morgan fingerprint density at radius 2 is 2.53 bits per heavy atom. The van der Waals surface area contributed by atoms with E-state index >= 15 is 0 Å². The van der Waals surface area contributed by atoms with Gasteiger partial charge in [0.15, 0.2) is 5.82 Å². The lowest BCUT2D eigenvalue weighted by Crippen LogP contribution is -2.25. The summed E-state index contributed by atoms with van der Waals surface area (Å²) in [6, 6.07) is 0.214. The molecular weight excluding hydrogens is 194 g/mol. The number of rotatable bonds is 4. The molecule has 0 saturated carbocycles. The summed E-state index contributed by atoms with van der Waals surface area (Å²) in [5, 5.41) is 14.7. The van der Waals surface area contributed by atoms with Gasteiger partial charge in [0.25, 0.3) is 0 Å². The monoisotopic (exact) mass is 211 g/mol. The van der Waals surface area contributed by atoms with Crippen LogP contribution in [0.2, 0.25) is 0 Å². The SMILES string of the molecule is CNCc1nnnn1C(C)C1CCCO1. The van der Waals surface area contributed by atoms with Crippen LogP contribution in [0.3, 0.4) is 0 Å². The molecule has 6 nitrogen and oxygen atoms in total. The van der Waals surface area contributed by atoms with Crippen LogP contribution in [0.15, 0.2) is 0 Å². The second-order valence-corrected chi connectivity index (χ2v) is 3.86. The standard InChI is InChI=1S/C9H17N5O/c1-7(8-4-3-5-15-8)14-9(6-10-2)11-12-13-14/h7-8,10H,3-6H2,1-2H3. The number of ether oxygens (including phenoxy) is 1. The molecule has 1 aliphatic rings. The van der Waals surface area contributed by atoms with Gasteiger partial charge in [-0.05, 0) is 37.2 Å². The molecule has 1 fully saturated rings. The van der Waals surface area contributed by atoms with Gasteiger partial charge in [-0.1, -0.05) is 0 Å². The van der Waals surface area contributed by atoms with E-state index in [0.717, 1.165) is 25.3 Å². The van der Waals surface area contributed by atoms with E-state index in [1.54, 1.807) is 0 Å². The van der Waals surface area contributed by atoms with Gasteiger partial charge in [-0.2, -0.15) is 0 Å². The minimum Gasteiger partial charge on any atom is -0.376 e. The minimum absolute atomic E-state index is 0.214. The third-order valence-electron chi connectivity index (χ3n) is 2.78. The fraction of sp³-hybridized carbons (Fsp3) is 0.889. The third-order valence-corrected chi connectivity index (χ3v) is 2.78. The topological polar surface area (TPSA) is 64.9 Å². The molecule has 1 N–H and O–H groups in total. The van der Waals surface area contributed by atoms with E-state index in [2.05, 4.69) is 27.8 Å². The third kappa shape index (κ3) is 2.15. The first-order valence-corrected chi connectivity index (χ1v) is 5.36. The van der Waals surface area contributed by atoms with E-state index in [1.807, 2.05) is 11.7 Å². The molecule has 0 amide bonds. The quantitative estimate of drug-likeness (QED) is 0.767. The van der Waals surface area contributed by atoms with E-state index in [9.17, 15) is 0 Å². The molecule has 2 rings (SSSR count). The lowest BCUT2D eigenvalue weighted by Gasteiger charge is -2.19. The molecular formula is C9H17N5O. The number of nitrogens with zero attached hydrogens (tertiary/aromatic N) is 4. The molecule has 0 aliphatic carbocycles. The molecule has 1 aromatic rings. The molecule has 0 spiro atoms.